The molecule has 0 radical (unpaired) electrons. The molecule has 3 rings (SSSR count). The fourth-order valence-electron chi connectivity index (χ4n) is 2.59. The first kappa shape index (κ1) is 20.9. The van der Waals surface area contributed by atoms with Gasteiger partial charge in [-0.05, 0) is 55.0 Å². The van der Waals surface area contributed by atoms with Gasteiger partial charge in [0.1, 0.15) is 5.82 Å². The van der Waals surface area contributed by atoms with Crippen molar-refractivity contribution in [2.45, 2.75) is 11.8 Å². The molecule has 4 nitrogen and oxygen atoms in total. The number of hydrogen-bond acceptors (Lipinski definition) is 3. The Labute approximate surface area is 177 Å². The highest BCUT2D eigenvalue weighted by atomic mass is 35.5. The summed E-state index contributed by atoms with van der Waals surface area (Å²) in [6.45, 7) is 1.84. The van der Waals surface area contributed by atoms with Crippen molar-refractivity contribution in [2.75, 3.05) is 16.4 Å². The lowest BCUT2D eigenvalue weighted by Crippen LogP contribution is -2.15. The summed E-state index contributed by atoms with van der Waals surface area (Å²) in [6, 6.07) is 18.2. The third kappa shape index (κ3) is 5.59. The Bertz CT molecular complexity index is 1060. The van der Waals surface area contributed by atoms with Gasteiger partial charge in [0.15, 0.2) is 0 Å². The highest BCUT2D eigenvalue weighted by Crippen LogP contribution is 2.25. The number of rotatable bonds is 6. The summed E-state index contributed by atoms with van der Waals surface area (Å²) >= 11 is 7.40. The summed E-state index contributed by atoms with van der Waals surface area (Å²) in [5, 5.41) is 6.10. The number of carbonyl (C=O) groups is 2. The molecule has 0 atom stereocenters. The zero-order chi connectivity index (χ0) is 20.8. The predicted molar refractivity (Wildman–Crippen MR) is 116 cm³/mol. The summed E-state index contributed by atoms with van der Waals surface area (Å²) in [4.78, 5) is 25.3. The molecule has 148 valence electrons. The van der Waals surface area contributed by atoms with Gasteiger partial charge in [0.05, 0.1) is 11.3 Å². The smallest absolute Gasteiger partial charge is 0.258 e. The molecule has 0 aliphatic rings. The van der Waals surface area contributed by atoms with Crippen molar-refractivity contribution in [1.29, 1.82) is 0 Å². The van der Waals surface area contributed by atoms with Crippen LogP contribution < -0.4 is 10.6 Å². The number of carbonyl (C=O) groups excluding carboxylic acids is 2. The monoisotopic (exact) mass is 428 g/mol. The summed E-state index contributed by atoms with van der Waals surface area (Å²) < 4.78 is 13.7. The minimum Gasteiger partial charge on any atom is -0.325 e. The quantitative estimate of drug-likeness (QED) is 0.490. The molecule has 0 aliphatic carbocycles. The number of benzene rings is 3. The molecule has 7 heteroatoms. The van der Waals surface area contributed by atoms with Gasteiger partial charge < -0.3 is 10.6 Å². The number of amides is 2. The lowest BCUT2D eigenvalue weighted by atomic mass is 10.2. The zero-order valence-corrected chi connectivity index (χ0v) is 17.1. The summed E-state index contributed by atoms with van der Waals surface area (Å²) in [6.07, 6.45) is 0. The highest BCUT2D eigenvalue weighted by Gasteiger charge is 2.12. The number of halogens is 2. The topological polar surface area (TPSA) is 58.2 Å². The van der Waals surface area contributed by atoms with Crippen LogP contribution >= 0.6 is 23.4 Å². The van der Waals surface area contributed by atoms with E-state index in [2.05, 4.69) is 10.6 Å². The van der Waals surface area contributed by atoms with Gasteiger partial charge in [-0.25, -0.2) is 4.39 Å². The van der Waals surface area contributed by atoms with Crippen molar-refractivity contribution in [3.8, 4) is 0 Å². The van der Waals surface area contributed by atoms with Crippen LogP contribution in [0.3, 0.4) is 0 Å². The second kappa shape index (κ2) is 9.58. The first-order valence-electron chi connectivity index (χ1n) is 8.78. The van der Waals surface area contributed by atoms with Crippen LogP contribution in [0.5, 0.6) is 0 Å². The normalized spacial score (nSPS) is 10.4. The van der Waals surface area contributed by atoms with Crippen LogP contribution in [0.15, 0.2) is 71.6 Å². The Kier molecular flexibility index (Phi) is 6.90. The number of nitrogens with one attached hydrogen (secondary N) is 2. The summed E-state index contributed by atoms with van der Waals surface area (Å²) in [5.74, 6) is -1.08. The fraction of sp³-hybridized carbons (Fsp3) is 0.0909. The fourth-order valence-corrected chi connectivity index (χ4v) is 3.52. The lowest BCUT2D eigenvalue weighted by Gasteiger charge is -2.10. The minimum atomic E-state index is -0.580. The molecule has 2 amide bonds. The van der Waals surface area contributed by atoms with Gasteiger partial charge in [0.2, 0.25) is 5.91 Å². The molecule has 3 aromatic carbocycles. The van der Waals surface area contributed by atoms with Crippen LogP contribution in [0.4, 0.5) is 15.8 Å². The van der Waals surface area contributed by atoms with E-state index in [1.165, 1.54) is 30.0 Å². The number of thioether (sulfide) groups is 1. The molecule has 0 heterocycles. The SMILES string of the molecule is Cc1c(Cl)cccc1NC(=O)CSc1cccc(NC(=O)c2ccccc2F)c1. The molecule has 0 unspecified atom stereocenters. The van der Waals surface area contributed by atoms with E-state index in [4.69, 9.17) is 11.6 Å². The lowest BCUT2D eigenvalue weighted by molar-refractivity contribution is -0.113. The van der Waals surface area contributed by atoms with Crippen LogP contribution in [0.25, 0.3) is 0 Å². The molecular weight excluding hydrogens is 411 g/mol. The molecule has 0 saturated carbocycles. The summed E-state index contributed by atoms with van der Waals surface area (Å²) in [5.41, 5.74) is 1.98. The largest absolute Gasteiger partial charge is 0.325 e. The molecule has 3 aromatic rings. The third-order valence-corrected chi connectivity index (χ3v) is 5.53. The minimum absolute atomic E-state index is 0.0261. The average Bonchev–Trinajstić information content (AvgIpc) is 2.70. The molecular formula is C22H18ClFN2O2S. The third-order valence-electron chi connectivity index (χ3n) is 4.12. The van der Waals surface area contributed by atoms with E-state index < -0.39 is 11.7 Å². The van der Waals surface area contributed by atoms with Crippen LogP contribution in [0.2, 0.25) is 5.02 Å². The molecule has 0 saturated heterocycles. The standard InChI is InChI=1S/C22H18ClFN2O2S/c1-14-18(23)9-5-11-20(14)26-21(27)13-29-16-7-4-6-15(12-16)25-22(28)17-8-2-3-10-19(17)24/h2-12H,13H2,1H3,(H,25,28)(H,26,27). The van der Waals surface area contributed by atoms with Crippen molar-refractivity contribution in [1.82, 2.24) is 0 Å². The van der Waals surface area contributed by atoms with Gasteiger partial charge in [0.25, 0.3) is 5.91 Å². The maximum Gasteiger partial charge on any atom is 0.258 e. The van der Waals surface area contributed by atoms with Crippen LogP contribution in [0, 0.1) is 12.7 Å². The maximum absolute atomic E-state index is 13.7. The molecule has 0 spiro atoms. The molecule has 0 bridgehead atoms. The molecule has 2 N–H and O–H groups in total. The van der Waals surface area contributed by atoms with Crippen molar-refractivity contribution in [3.63, 3.8) is 0 Å². The first-order chi connectivity index (χ1) is 13.9. The second-order valence-corrected chi connectivity index (χ2v) is 7.67. The van der Waals surface area contributed by atoms with E-state index in [1.54, 1.807) is 42.5 Å². The molecule has 0 aliphatic heterocycles. The maximum atomic E-state index is 13.7. The van der Waals surface area contributed by atoms with Gasteiger partial charge in [-0.2, -0.15) is 0 Å². The highest BCUT2D eigenvalue weighted by molar-refractivity contribution is 8.00. The number of hydrogen-bond donors (Lipinski definition) is 2. The summed E-state index contributed by atoms with van der Waals surface area (Å²) in [7, 11) is 0. The molecule has 0 fully saturated rings. The first-order valence-corrected chi connectivity index (χ1v) is 10.1. The Morgan fingerprint density at radius 1 is 1.00 bits per heavy atom. The average molecular weight is 429 g/mol. The Morgan fingerprint density at radius 3 is 2.55 bits per heavy atom. The van der Waals surface area contributed by atoms with Crippen molar-refractivity contribution in [3.05, 3.63) is 88.7 Å². The van der Waals surface area contributed by atoms with Gasteiger partial charge >= 0.3 is 0 Å². The van der Waals surface area contributed by atoms with Crippen molar-refractivity contribution >= 4 is 46.6 Å². The van der Waals surface area contributed by atoms with Crippen LogP contribution in [0.1, 0.15) is 15.9 Å². The van der Waals surface area contributed by atoms with E-state index in [1.807, 2.05) is 13.0 Å². The van der Waals surface area contributed by atoms with Crippen LogP contribution in [-0.4, -0.2) is 17.6 Å². The van der Waals surface area contributed by atoms with Crippen molar-refractivity contribution < 1.29 is 14.0 Å². The van der Waals surface area contributed by atoms with Crippen molar-refractivity contribution in [2.24, 2.45) is 0 Å². The van der Waals surface area contributed by atoms with Gasteiger partial charge in [-0.3, -0.25) is 9.59 Å². The predicted octanol–water partition coefficient (Wildman–Crippen LogP) is 5.77. The van der Waals surface area contributed by atoms with E-state index in [-0.39, 0.29) is 17.2 Å². The molecule has 0 aromatic heterocycles. The Morgan fingerprint density at radius 2 is 1.76 bits per heavy atom. The van der Waals surface area contributed by atoms with Gasteiger partial charge in [-0.1, -0.05) is 35.9 Å². The zero-order valence-electron chi connectivity index (χ0n) is 15.5. The molecule has 29 heavy (non-hydrogen) atoms. The van der Waals surface area contributed by atoms with Crippen LogP contribution in [-0.2, 0) is 4.79 Å². The Hall–Kier alpha value is -2.83. The van der Waals surface area contributed by atoms with E-state index in [0.717, 1.165) is 10.5 Å². The van der Waals surface area contributed by atoms with Gasteiger partial charge in [-0.15, -0.1) is 11.8 Å². The Balaban J connectivity index is 1.60. The number of anilines is 2. The van der Waals surface area contributed by atoms with Gasteiger partial charge in [0, 0.05) is 21.3 Å². The van der Waals surface area contributed by atoms with E-state index in [0.29, 0.717) is 16.4 Å². The van der Waals surface area contributed by atoms with E-state index in [9.17, 15) is 14.0 Å². The van der Waals surface area contributed by atoms with E-state index >= 15 is 0 Å². The second-order valence-electron chi connectivity index (χ2n) is 6.21.